The summed E-state index contributed by atoms with van der Waals surface area (Å²) in [6.45, 7) is 0.312. The van der Waals surface area contributed by atoms with Gasteiger partial charge in [-0.15, -0.1) is 0 Å². The fourth-order valence-electron chi connectivity index (χ4n) is 2.74. The number of carbonyl (C=O) groups is 2. The van der Waals surface area contributed by atoms with Gasteiger partial charge >= 0.3 is 5.97 Å². The summed E-state index contributed by atoms with van der Waals surface area (Å²) in [5.74, 6) is -0.229. The second-order valence-electron chi connectivity index (χ2n) is 6.50. The van der Waals surface area contributed by atoms with Gasteiger partial charge < -0.3 is 19.9 Å². The van der Waals surface area contributed by atoms with Gasteiger partial charge in [0.25, 0.3) is 5.91 Å². The van der Waals surface area contributed by atoms with Crippen molar-refractivity contribution in [3.05, 3.63) is 60.2 Å². The Morgan fingerprint density at radius 2 is 1.71 bits per heavy atom. The van der Waals surface area contributed by atoms with Crippen LogP contribution in [0.2, 0.25) is 0 Å². The van der Waals surface area contributed by atoms with E-state index in [1.165, 1.54) is 0 Å². The van der Waals surface area contributed by atoms with Crippen molar-refractivity contribution < 1.29 is 24.2 Å². The summed E-state index contributed by atoms with van der Waals surface area (Å²) < 4.78 is 11.0. The first-order valence-corrected chi connectivity index (χ1v) is 9.40. The van der Waals surface area contributed by atoms with Crippen molar-refractivity contribution in [2.45, 2.75) is 44.8 Å². The molecule has 0 radical (unpaired) electrons. The molecule has 0 spiro atoms. The summed E-state index contributed by atoms with van der Waals surface area (Å²) in [7, 11) is 1.61. The van der Waals surface area contributed by atoms with Crippen LogP contribution in [-0.2, 0) is 20.9 Å². The van der Waals surface area contributed by atoms with Crippen LogP contribution >= 0.6 is 0 Å². The summed E-state index contributed by atoms with van der Waals surface area (Å²) in [5, 5.41) is 11.6. The molecule has 6 heteroatoms. The van der Waals surface area contributed by atoms with Gasteiger partial charge in [-0.2, -0.15) is 0 Å². The van der Waals surface area contributed by atoms with E-state index in [-0.39, 0.29) is 12.3 Å². The lowest BCUT2D eigenvalue weighted by atomic mass is 10.1. The van der Waals surface area contributed by atoms with Gasteiger partial charge in [-0.25, -0.2) is 0 Å². The Morgan fingerprint density at radius 3 is 2.36 bits per heavy atom. The minimum Gasteiger partial charge on any atom is -0.497 e. The molecule has 0 fully saturated rings. The maximum Gasteiger partial charge on any atom is 0.303 e. The number of hydrogen-bond donors (Lipinski definition) is 2. The molecular formula is C22H27NO5. The molecule has 0 aromatic heterocycles. The lowest BCUT2D eigenvalue weighted by molar-refractivity contribution is -0.137. The van der Waals surface area contributed by atoms with Crippen molar-refractivity contribution in [3.8, 4) is 5.75 Å². The maximum absolute atomic E-state index is 12.7. The largest absolute Gasteiger partial charge is 0.497 e. The Labute approximate surface area is 165 Å². The summed E-state index contributed by atoms with van der Waals surface area (Å²) in [6, 6.07) is 16.7. The Morgan fingerprint density at radius 1 is 1.00 bits per heavy atom. The number of hydrogen-bond acceptors (Lipinski definition) is 4. The Balaban J connectivity index is 1.91. The van der Waals surface area contributed by atoms with Gasteiger partial charge in [-0.3, -0.25) is 9.59 Å². The van der Waals surface area contributed by atoms with Crippen LogP contribution in [0, 0.1) is 0 Å². The third-order valence-electron chi connectivity index (χ3n) is 4.30. The molecule has 1 amide bonds. The first-order valence-electron chi connectivity index (χ1n) is 9.40. The molecule has 0 heterocycles. The number of carboxylic acids is 1. The van der Waals surface area contributed by atoms with Gasteiger partial charge in [0.15, 0.2) is 0 Å². The summed E-state index contributed by atoms with van der Waals surface area (Å²) in [4.78, 5) is 23.3. The molecule has 150 valence electrons. The van der Waals surface area contributed by atoms with Crippen molar-refractivity contribution in [2.75, 3.05) is 12.4 Å². The quantitative estimate of drug-likeness (QED) is 0.534. The number of methoxy groups -OCH3 is 1. The van der Waals surface area contributed by atoms with Gasteiger partial charge in [0.2, 0.25) is 0 Å². The third-order valence-corrected chi connectivity index (χ3v) is 4.30. The average molecular weight is 385 g/mol. The van der Waals surface area contributed by atoms with E-state index in [1.54, 1.807) is 7.11 Å². The van der Waals surface area contributed by atoms with Crippen molar-refractivity contribution in [2.24, 2.45) is 0 Å². The standard InChI is InChI=1S/C22H27NO5/c1-27-19-14-12-17(13-15-19)16-28-20(10-6-3-7-11-21(24)25)22(26)23-18-8-4-2-5-9-18/h2,4-5,8-9,12-15,20H,3,6-7,10-11,16H2,1H3,(H,23,26)(H,24,25)/t20-/m0/s1. The molecule has 0 bridgehead atoms. The van der Waals surface area contributed by atoms with Gasteiger partial charge in [0, 0.05) is 12.1 Å². The highest BCUT2D eigenvalue weighted by atomic mass is 16.5. The smallest absolute Gasteiger partial charge is 0.303 e. The van der Waals surface area contributed by atoms with E-state index < -0.39 is 12.1 Å². The molecule has 2 aromatic carbocycles. The zero-order chi connectivity index (χ0) is 20.2. The molecule has 6 nitrogen and oxygen atoms in total. The Kier molecular flexibility index (Phi) is 9.01. The summed E-state index contributed by atoms with van der Waals surface area (Å²) in [6.07, 6.45) is 2.14. The van der Waals surface area contributed by atoms with Crippen LogP contribution in [-0.4, -0.2) is 30.2 Å². The average Bonchev–Trinajstić information content (AvgIpc) is 2.70. The molecule has 2 N–H and O–H groups in total. The van der Waals surface area contributed by atoms with Gasteiger partial charge in [-0.05, 0) is 42.7 Å². The number of rotatable bonds is 12. The predicted octanol–water partition coefficient (Wildman–Crippen LogP) is 4.25. The topological polar surface area (TPSA) is 84.9 Å². The van der Waals surface area contributed by atoms with E-state index in [0.717, 1.165) is 29.8 Å². The summed E-state index contributed by atoms with van der Waals surface area (Å²) in [5.41, 5.74) is 1.67. The highest BCUT2D eigenvalue weighted by Gasteiger charge is 2.19. The van der Waals surface area contributed by atoms with Crippen LogP contribution in [0.1, 0.15) is 37.7 Å². The van der Waals surface area contributed by atoms with Crippen LogP contribution in [0.4, 0.5) is 5.69 Å². The van der Waals surface area contributed by atoms with Crippen molar-refractivity contribution in [1.29, 1.82) is 0 Å². The zero-order valence-corrected chi connectivity index (χ0v) is 16.1. The molecule has 28 heavy (non-hydrogen) atoms. The van der Waals surface area contributed by atoms with E-state index in [2.05, 4.69) is 5.32 Å². The number of benzene rings is 2. The van der Waals surface area contributed by atoms with Gasteiger partial charge in [-0.1, -0.05) is 43.2 Å². The van der Waals surface area contributed by atoms with Gasteiger partial charge in [0.1, 0.15) is 11.9 Å². The van der Waals surface area contributed by atoms with E-state index >= 15 is 0 Å². The number of anilines is 1. The lowest BCUT2D eigenvalue weighted by Gasteiger charge is -2.18. The highest BCUT2D eigenvalue weighted by molar-refractivity contribution is 5.94. The van der Waals surface area contributed by atoms with E-state index in [9.17, 15) is 9.59 Å². The third kappa shape index (κ3) is 7.80. The summed E-state index contributed by atoms with van der Waals surface area (Å²) >= 11 is 0. The van der Waals surface area contributed by atoms with E-state index in [1.807, 2.05) is 54.6 Å². The molecule has 0 saturated heterocycles. The molecule has 0 aliphatic rings. The van der Waals surface area contributed by atoms with Crippen LogP contribution in [0.15, 0.2) is 54.6 Å². The first-order chi connectivity index (χ1) is 13.6. The number of amides is 1. The van der Waals surface area contributed by atoms with Gasteiger partial charge in [0.05, 0.1) is 13.7 Å². The fourth-order valence-corrected chi connectivity index (χ4v) is 2.74. The number of nitrogens with one attached hydrogen (secondary N) is 1. The highest BCUT2D eigenvalue weighted by Crippen LogP contribution is 2.16. The number of aliphatic carboxylic acids is 1. The number of carboxylic acid groups (broad SMARTS) is 1. The van der Waals surface area contributed by atoms with Crippen molar-refractivity contribution >= 4 is 17.6 Å². The van der Waals surface area contributed by atoms with Crippen LogP contribution < -0.4 is 10.1 Å². The molecule has 0 unspecified atom stereocenters. The Hall–Kier alpha value is -2.86. The van der Waals surface area contributed by atoms with E-state index in [0.29, 0.717) is 19.4 Å². The maximum atomic E-state index is 12.7. The number of unbranched alkanes of at least 4 members (excludes halogenated alkanes) is 2. The molecule has 2 aromatic rings. The number of ether oxygens (including phenoxy) is 2. The van der Waals surface area contributed by atoms with Crippen molar-refractivity contribution in [3.63, 3.8) is 0 Å². The normalized spacial score (nSPS) is 11.6. The molecule has 0 aliphatic carbocycles. The van der Waals surface area contributed by atoms with Crippen LogP contribution in [0.5, 0.6) is 5.75 Å². The number of para-hydroxylation sites is 1. The van der Waals surface area contributed by atoms with Crippen LogP contribution in [0.25, 0.3) is 0 Å². The van der Waals surface area contributed by atoms with Crippen molar-refractivity contribution in [1.82, 2.24) is 0 Å². The second-order valence-corrected chi connectivity index (χ2v) is 6.50. The molecule has 0 saturated carbocycles. The Bertz CT molecular complexity index is 730. The lowest BCUT2D eigenvalue weighted by Crippen LogP contribution is -2.30. The second kappa shape index (κ2) is 11.8. The number of carbonyl (C=O) groups excluding carboxylic acids is 1. The minimum absolute atomic E-state index is 0.146. The van der Waals surface area contributed by atoms with E-state index in [4.69, 9.17) is 14.6 Å². The van der Waals surface area contributed by atoms with Crippen LogP contribution in [0.3, 0.4) is 0 Å². The monoisotopic (exact) mass is 385 g/mol. The zero-order valence-electron chi connectivity index (χ0n) is 16.1. The molecule has 2 rings (SSSR count). The molecule has 1 atom stereocenters. The SMILES string of the molecule is COc1ccc(CO[C@@H](CCCCCC(=O)O)C(=O)Nc2ccccc2)cc1. The molecular weight excluding hydrogens is 358 g/mol. The fraction of sp³-hybridized carbons (Fsp3) is 0.364. The molecule has 0 aliphatic heterocycles. The minimum atomic E-state index is -0.797. The predicted molar refractivity (Wildman–Crippen MR) is 107 cm³/mol. The first kappa shape index (κ1) is 21.4.